The van der Waals surface area contributed by atoms with Gasteiger partial charge in [-0.05, 0) is 50.2 Å². The van der Waals surface area contributed by atoms with Crippen molar-refractivity contribution in [1.29, 1.82) is 5.26 Å². The smallest absolute Gasteiger partial charge is 0.348 e. The Balaban J connectivity index is 1.91. The average molecular weight is 348 g/mol. The first-order chi connectivity index (χ1) is 11.4. The lowest BCUT2D eigenvalue weighted by Crippen LogP contribution is -2.50. The van der Waals surface area contributed by atoms with Crippen molar-refractivity contribution >= 4 is 23.2 Å². The molecule has 1 aromatic heterocycles. The predicted octanol–water partition coefficient (Wildman–Crippen LogP) is 3.23. The van der Waals surface area contributed by atoms with Gasteiger partial charge in [0.05, 0.1) is 6.07 Å². The SMILES string of the molecule is CC(C)[C@](C)(C#N)NC(=O)COC(=O)c1cc2c(s1)CCCCC2. The van der Waals surface area contributed by atoms with Crippen LogP contribution in [0, 0.1) is 17.2 Å². The molecule has 0 fully saturated rings. The van der Waals surface area contributed by atoms with Crippen LogP contribution >= 0.6 is 11.3 Å². The molecule has 1 aliphatic carbocycles. The highest BCUT2D eigenvalue weighted by Gasteiger charge is 2.30. The van der Waals surface area contributed by atoms with Gasteiger partial charge in [-0.2, -0.15) is 5.26 Å². The summed E-state index contributed by atoms with van der Waals surface area (Å²) >= 11 is 1.47. The van der Waals surface area contributed by atoms with E-state index in [1.807, 2.05) is 19.9 Å². The Kier molecular flexibility index (Phi) is 6.00. The Morgan fingerprint density at radius 3 is 2.75 bits per heavy atom. The number of aryl methyl sites for hydroxylation is 2. The topological polar surface area (TPSA) is 79.2 Å². The van der Waals surface area contributed by atoms with Crippen molar-refractivity contribution in [3.63, 3.8) is 0 Å². The van der Waals surface area contributed by atoms with E-state index < -0.39 is 17.4 Å². The molecule has 1 amide bonds. The van der Waals surface area contributed by atoms with E-state index in [2.05, 4.69) is 11.4 Å². The van der Waals surface area contributed by atoms with E-state index in [1.54, 1.807) is 6.92 Å². The van der Waals surface area contributed by atoms with Gasteiger partial charge >= 0.3 is 5.97 Å². The molecule has 0 saturated carbocycles. The van der Waals surface area contributed by atoms with Crippen molar-refractivity contribution in [3.05, 3.63) is 21.4 Å². The monoisotopic (exact) mass is 348 g/mol. The van der Waals surface area contributed by atoms with Crippen LogP contribution in [0.25, 0.3) is 0 Å². The lowest BCUT2D eigenvalue weighted by Gasteiger charge is -2.27. The highest BCUT2D eigenvalue weighted by atomic mass is 32.1. The van der Waals surface area contributed by atoms with Crippen LogP contribution in [0.15, 0.2) is 6.07 Å². The van der Waals surface area contributed by atoms with Gasteiger partial charge in [-0.3, -0.25) is 4.79 Å². The first-order valence-electron chi connectivity index (χ1n) is 8.36. The summed E-state index contributed by atoms with van der Waals surface area (Å²) in [5.41, 5.74) is 0.273. The fourth-order valence-corrected chi connectivity index (χ4v) is 3.74. The first-order valence-corrected chi connectivity index (χ1v) is 9.18. The van der Waals surface area contributed by atoms with E-state index >= 15 is 0 Å². The highest BCUT2D eigenvalue weighted by Crippen LogP contribution is 2.29. The fraction of sp³-hybridized carbons (Fsp3) is 0.611. The first kappa shape index (κ1) is 18.5. The molecule has 0 unspecified atom stereocenters. The number of hydrogen-bond acceptors (Lipinski definition) is 5. The lowest BCUT2D eigenvalue weighted by atomic mass is 9.90. The van der Waals surface area contributed by atoms with Gasteiger partial charge in [-0.15, -0.1) is 11.3 Å². The van der Waals surface area contributed by atoms with Crippen molar-refractivity contribution in [1.82, 2.24) is 5.32 Å². The Labute approximate surface area is 147 Å². The van der Waals surface area contributed by atoms with E-state index in [9.17, 15) is 14.9 Å². The highest BCUT2D eigenvalue weighted by molar-refractivity contribution is 7.14. The molecule has 1 heterocycles. The molecule has 0 saturated heterocycles. The van der Waals surface area contributed by atoms with Crippen molar-refractivity contribution in [2.24, 2.45) is 5.92 Å². The molecule has 5 nitrogen and oxygen atoms in total. The molecule has 1 aliphatic rings. The Morgan fingerprint density at radius 1 is 1.38 bits per heavy atom. The number of carbonyl (C=O) groups excluding carboxylic acids is 2. The van der Waals surface area contributed by atoms with Crippen molar-refractivity contribution < 1.29 is 14.3 Å². The van der Waals surface area contributed by atoms with Crippen molar-refractivity contribution in [2.75, 3.05) is 6.61 Å². The standard InChI is InChI=1S/C18H24N2O3S/c1-12(2)18(3,11-19)20-16(21)10-23-17(22)15-9-13-7-5-4-6-8-14(13)24-15/h9,12H,4-8,10H2,1-3H3,(H,20,21)/t18-/m0/s1. The summed E-state index contributed by atoms with van der Waals surface area (Å²) in [6.07, 6.45) is 5.57. The van der Waals surface area contributed by atoms with Gasteiger partial charge in [0, 0.05) is 4.88 Å². The molecule has 1 atom stereocenters. The van der Waals surface area contributed by atoms with Gasteiger partial charge in [0.25, 0.3) is 5.91 Å². The molecule has 1 N–H and O–H groups in total. The maximum Gasteiger partial charge on any atom is 0.348 e. The number of nitrogens with zero attached hydrogens (tertiary/aromatic N) is 1. The lowest BCUT2D eigenvalue weighted by molar-refractivity contribution is -0.125. The summed E-state index contributed by atoms with van der Waals surface area (Å²) in [6, 6.07) is 4.00. The summed E-state index contributed by atoms with van der Waals surface area (Å²) in [5, 5.41) is 11.8. The van der Waals surface area contributed by atoms with E-state index in [4.69, 9.17) is 4.74 Å². The van der Waals surface area contributed by atoms with Crippen LogP contribution in [0.2, 0.25) is 0 Å². The van der Waals surface area contributed by atoms with Gasteiger partial charge < -0.3 is 10.1 Å². The molecular weight excluding hydrogens is 324 g/mol. The number of carbonyl (C=O) groups is 2. The second-order valence-corrected chi connectivity index (χ2v) is 7.85. The maximum atomic E-state index is 12.2. The van der Waals surface area contributed by atoms with Gasteiger partial charge in [-0.25, -0.2) is 4.79 Å². The van der Waals surface area contributed by atoms with Crippen LogP contribution in [0.3, 0.4) is 0 Å². The Morgan fingerprint density at radius 2 is 2.08 bits per heavy atom. The minimum atomic E-state index is -0.968. The fourth-order valence-electron chi connectivity index (χ4n) is 2.60. The molecule has 130 valence electrons. The summed E-state index contributed by atoms with van der Waals surface area (Å²) in [7, 11) is 0. The van der Waals surface area contributed by atoms with E-state index in [0.717, 1.165) is 25.7 Å². The number of hydrogen-bond donors (Lipinski definition) is 1. The molecule has 0 spiro atoms. The number of fused-ring (bicyclic) bond motifs is 1. The van der Waals surface area contributed by atoms with E-state index in [1.165, 1.54) is 28.2 Å². The van der Waals surface area contributed by atoms with Gasteiger partial charge in [0.1, 0.15) is 10.4 Å². The number of rotatable bonds is 5. The molecule has 0 aliphatic heterocycles. The zero-order chi connectivity index (χ0) is 17.7. The third-order valence-electron chi connectivity index (χ3n) is 4.57. The number of ether oxygens (including phenoxy) is 1. The van der Waals surface area contributed by atoms with Crippen LogP contribution in [-0.2, 0) is 22.4 Å². The quantitative estimate of drug-likeness (QED) is 0.654. The second kappa shape index (κ2) is 7.80. The third kappa shape index (κ3) is 4.35. The molecule has 6 heteroatoms. The summed E-state index contributed by atoms with van der Waals surface area (Å²) in [6.45, 7) is 5.00. The zero-order valence-electron chi connectivity index (χ0n) is 14.5. The van der Waals surface area contributed by atoms with Gasteiger partial charge in [0.15, 0.2) is 6.61 Å². The molecule has 1 aromatic rings. The van der Waals surface area contributed by atoms with E-state index in [-0.39, 0.29) is 12.5 Å². The summed E-state index contributed by atoms with van der Waals surface area (Å²) in [5.74, 6) is -0.972. The second-order valence-electron chi connectivity index (χ2n) is 6.71. The largest absolute Gasteiger partial charge is 0.451 e. The predicted molar refractivity (Wildman–Crippen MR) is 92.9 cm³/mol. The summed E-state index contributed by atoms with van der Waals surface area (Å²) < 4.78 is 5.12. The van der Waals surface area contributed by atoms with Crippen LogP contribution in [-0.4, -0.2) is 24.0 Å². The number of amides is 1. The molecular formula is C18H24N2O3S. The minimum Gasteiger partial charge on any atom is -0.451 e. The molecule has 0 radical (unpaired) electrons. The van der Waals surface area contributed by atoms with Crippen LogP contribution in [0.5, 0.6) is 0 Å². The zero-order valence-corrected chi connectivity index (χ0v) is 15.3. The van der Waals surface area contributed by atoms with Crippen molar-refractivity contribution in [2.45, 2.75) is 58.4 Å². The molecule has 2 rings (SSSR count). The number of nitrogens with one attached hydrogen (secondary N) is 1. The van der Waals surface area contributed by atoms with Crippen LogP contribution in [0.1, 0.15) is 60.1 Å². The van der Waals surface area contributed by atoms with Crippen LogP contribution in [0.4, 0.5) is 0 Å². The Hall–Kier alpha value is -1.87. The Bertz CT molecular complexity index is 636. The molecule has 0 aromatic carbocycles. The van der Waals surface area contributed by atoms with Crippen molar-refractivity contribution in [3.8, 4) is 6.07 Å². The summed E-state index contributed by atoms with van der Waals surface area (Å²) in [4.78, 5) is 25.9. The minimum absolute atomic E-state index is 0.0462. The molecule has 24 heavy (non-hydrogen) atoms. The average Bonchev–Trinajstić information content (AvgIpc) is 2.83. The normalized spacial score (nSPS) is 16.5. The number of thiophene rings is 1. The van der Waals surface area contributed by atoms with E-state index in [0.29, 0.717) is 4.88 Å². The molecule has 0 bridgehead atoms. The maximum absolute atomic E-state index is 12.2. The number of esters is 1. The van der Waals surface area contributed by atoms with Crippen LogP contribution < -0.4 is 5.32 Å². The van der Waals surface area contributed by atoms with Gasteiger partial charge in [-0.1, -0.05) is 20.3 Å². The number of nitriles is 1. The third-order valence-corrected chi connectivity index (χ3v) is 5.79. The van der Waals surface area contributed by atoms with Gasteiger partial charge in [0.2, 0.25) is 0 Å².